The maximum absolute atomic E-state index is 11.8. The van der Waals surface area contributed by atoms with Gasteiger partial charge in [-0.2, -0.15) is 13.2 Å². The number of nitrogens with one attached hydrogen (secondary N) is 2. The Balaban J connectivity index is 2.23. The van der Waals surface area contributed by atoms with Gasteiger partial charge in [-0.25, -0.2) is 0 Å². The minimum absolute atomic E-state index is 0.178. The van der Waals surface area contributed by atoms with Crippen molar-refractivity contribution < 1.29 is 18.0 Å². The second-order valence-corrected chi connectivity index (χ2v) is 4.06. The first-order chi connectivity index (χ1) is 8.37. The fourth-order valence-electron chi connectivity index (χ4n) is 1.23. The van der Waals surface area contributed by atoms with Crippen LogP contribution in [-0.2, 0) is 11.3 Å². The van der Waals surface area contributed by atoms with Crippen LogP contribution in [0.25, 0.3) is 0 Å². The summed E-state index contributed by atoms with van der Waals surface area (Å²) in [5.41, 5.74) is 0.853. The van der Waals surface area contributed by atoms with Crippen molar-refractivity contribution in [1.82, 2.24) is 10.6 Å². The topological polar surface area (TPSA) is 41.1 Å². The predicted molar refractivity (Wildman–Crippen MR) is 62.2 cm³/mol. The number of carbonyl (C=O) groups excluding carboxylic acids is 1. The molecule has 7 heteroatoms. The summed E-state index contributed by atoms with van der Waals surface area (Å²) in [5, 5.41) is 5.06. The molecule has 0 unspecified atom stereocenters. The van der Waals surface area contributed by atoms with Gasteiger partial charge in [0.1, 0.15) is 6.54 Å². The highest BCUT2D eigenvalue weighted by atomic mass is 35.5. The molecule has 1 aromatic carbocycles. The Labute approximate surface area is 107 Å². The lowest BCUT2D eigenvalue weighted by Gasteiger charge is -2.09. The largest absolute Gasteiger partial charge is 0.405 e. The first-order valence-corrected chi connectivity index (χ1v) is 5.53. The molecule has 0 radical (unpaired) electrons. The van der Waals surface area contributed by atoms with Crippen LogP contribution in [0.15, 0.2) is 24.3 Å². The Kier molecular flexibility index (Phi) is 5.43. The molecule has 0 fully saturated rings. The zero-order chi connectivity index (χ0) is 13.6. The molecule has 1 aromatic rings. The Hall–Kier alpha value is -1.27. The molecule has 3 nitrogen and oxygen atoms in total. The highest BCUT2D eigenvalue weighted by Crippen LogP contribution is 2.12. The van der Waals surface area contributed by atoms with Gasteiger partial charge in [0.25, 0.3) is 0 Å². The molecule has 100 valence electrons. The van der Waals surface area contributed by atoms with Crippen molar-refractivity contribution in [3.63, 3.8) is 0 Å². The number of benzene rings is 1. The van der Waals surface area contributed by atoms with Crippen LogP contribution < -0.4 is 10.6 Å². The smallest absolute Gasteiger partial charge is 0.346 e. The predicted octanol–water partition coefficient (Wildman–Crippen LogP) is 2.11. The fraction of sp³-hybridized carbons (Fsp3) is 0.364. The standard InChI is InChI=1S/C11H12ClF3N2O/c12-9-3-1-2-8(4-9)5-16-6-10(18)17-7-11(13,14)15/h1-4,16H,5-7H2,(H,17,18). The molecule has 0 atom stereocenters. The molecule has 0 heterocycles. The highest BCUT2D eigenvalue weighted by molar-refractivity contribution is 6.30. The Morgan fingerprint density at radius 3 is 2.67 bits per heavy atom. The minimum Gasteiger partial charge on any atom is -0.346 e. The van der Waals surface area contributed by atoms with Crippen LogP contribution in [0.4, 0.5) is 13.2 Å². The summed E-state index contributed by atoms with van der Waals surface area (Å²) in [7, 11) is 0. The van der Waals surface area contributed by atoms with Crippen molar-refractivity contribution >= 4 is 17.5 Å². The molecular formula is C11H12ClF3N2O. The SMILES string of the molecule is O=C(CNCc1cccc(Cl)c1)NCC(F)(F)F. The van der Waals surface area contributed by atoms with Gasteiger partial charge >= 0.3 is 6.18 Å². The van der Waals surface area contributed by atoms with E-state index in [9.17, 15) is 18.0 Å². The molecule has 0 aliphatic rings. The van der Waals surface area contributed by atoms with Crippen LogP contribution in [0.3, 0.4) is 0 Å². The van der Waals surface area contributed by atoms with Gasteiger partial charge < -0.3 is 10.6 Å². The van der Waals surface area contributed by atoms with Gasteiger partial charge in [0.05, 0.1) is 6.54 Å². The van der Waals surface area contributed by atoms with Crippen LogP contribution in [0.2, 0.25) is 5.02 Å². The highest BCUT2D eigenvalue weighted by Gasteiger charge is 2.27. The van der Waals surface area contributed by atoms with Crippen LogP contribution in [0.1, 0.15) is 5.56 Å². The molecule has 2 N–H and O–H groups in total. The van der Waals surface area contributed by atoms with Crippen LogP contribution in [-0.4, -0.2) is 25.2 Å². The first-order valence-electron chi connectivity index (χ1n) is 5.15. The van der Waals surface area contributed by atoms with E-state index in [0.29, 0.717) is 11.6 Å². The van der Waals surface area contributed by atoms with E-state index in [4.69, 9.17) is 11.6 Å². The molecule has 0 aliphatic carbocycles. The van der Waals surface area contributed by atoms with E-state index < -0.39 is 18.6 Å². The van der Waals surface area contributed by atoms with Gasteiger partial charge in [0, 0.05) is 11.6 Å². The summed E-state index contributed by atoms with van der Waals surface area (Å²) in [6.07, 6.45) is -4.39. The second-order valence-electron chi connectivity index (χ2n) is 3.63. The number of alkyl halides is 3. The van der Waals surface area contributed by atoms with Crippen molar-refractivity contribution in [3.05, 3.63) is 34.9 Å². The first kappa shape index (κ1) is 14.8. The lowest BCUT2D eigenvalue weighted by Crippen LogP contribution is -2.39. The van der Waals surface area contributed by atoms with Gasteiger partial charge in [0.2, 0.25) is 5.91 Å². The van der Waals surface area contributed by atoms with E-state index in [1.54, 1.807) is 29.6 Å². The van der Waals surface area contributed by atoms with Gasteiger partial charge in [-0.15, -0.1) is 0 Å². The molecule has 0 aliphatic heterocycles. The third-order valence-electron chi connectivity index (χ3n) is 1.99. The molecule has 18 heavy (non-hydrogen) atoms. The van der Waals surface area contributed by atoms with Crippen LogP contribution in [0.5, 0.6) is 0 Å². The second kappa shape index (κ2) is 6.61. The third kappa shape index (κ3) is 6.46. The van der Waals surface area contributed by atoms with Crippen molar-refractivity contribution in [2.75, 3.05) is 13.1 Å². The van der Waals surface area contributed by atoms with Crippen molar-refractivity contribution in [2.45, 2.75) is 12.7 Å². The van der Waals surface area contributed by atoms with Gasteiger partial charge in [0.15, 0.2) is 0 Å². The Morgan fingerprint density at radius 1 is 1.33 bits per heavy atom. The van der Waals surface area contributed by atoms with E-state index in [-0.39, 0.29) is 6.54 Å². The summed E-state index contributed by atoms with van der Waals surface area (Å²) in [6, 6.07) is 6.97. The lowest BCUT2D eigenvalue weighted by atomic mass is 10.2. The van der Waals surface area contributed by atoms with Crippen molar-refractivity contribution in [2.24, 2.45) is 0 Å². The lowest BCUT2D eigenvalue weighted by molar-refractivity contribution is -0.137. The molecule has 0 spiro atoms. The van der Waals surface area contributed by atoms with Gasteiger partial charge in [-0.05, 0) is 17.7 Å². The summed E-state index contributed by atoms with van der Waals surface area (Å²) in [6.45, 7) is -1.13. The number of halogens is 4. The summed E-state index contributed by atoms with van der Waals surface area (Å²) < 4.78 is 35.4. The minimum atomic E-state index is -4.39. The maximum atomic E-state index is 11.8. The third-order valence-corrected chi connectivity index (χ3v) is 2.22. The van der Waals surface area contributed by atoms with E-state index in [1.165, 1.54) is 0 Å². The maximum Gasteiger partial charge on any atom is 0.405 e. The van der Waals surface area contributed by atoms with E-state index >= 15 is 0 Å². The summed E-state index contributed by atoms with van der Waals surface area (Å²) >= 11 is 5.75. The fourth-order valence-corrected chi connectivity index (χ4v) is 1.44. The normalized spacial score (nSPS) is 11.3. The van der Waals surface area contributed by atoms with Crippen molar-refractivity contribution in [1.29, 1.82) is 0 Å². The molecule has 0 saturated carbocycles. The summed E-state index contributed by atoms with van der Waals surface area (Å²) in [5.74, 6) is -0.700. The van der Waals surface area contributed by atoms with Gasteiger partial charge in [-0.3, -0.25) is 4.79 Å². The number of carbonyl (C=O) groups is 1. The average Bonchev–Trinajstić information content (AvgIpc) is 2.25. The molecule has 1 rings (SSSR count). The number of hydrogen-bond donors (Lipinski definition) is 2. The van der Waals surface area contributed by atoms with Crippen LogP contribution >= 0.6 is 11.6 Å². The molecule has 0 aromatic heterocycles. The Morgan fingerprint density at radius 2 is 2.06 bits per heavy atom. The monoisotopic (exact) mass is 280 g/mol. The van der Waals surface area contributed by atoms with E-state index in [2.05, 4.69) is 5.32 Å². The zero-order valence-electron chi connectivity index (χ0n) is 9.35. The molecule has 0 saturated heterocycles. The number of amides is 1. The number of hydrogen-bond acceptors (Lipinski definition) is 2. The zero-order valence-corrected chi connectivity index (χ0v) is 10.1. The van der Waals surface area contributed by atoms with E-state index in [1.807, 2.05) is 0 Å². The van der Waals surface area contributed by atoms with Crippen molar-refractivity contribution in [3.8, 4) is 0 Å². The number of rotatable bonds is 5. The Bertz CT molecular complexity index is 410. The average molecular weight is 281 g/mol. The molecular weight excluding hydrogens is 269 g/mol. The van der Waals surface area contributed by atoms with Gasteiger partial charge in [-0.1, -0.05) is 23.7 Å². The molecule has 0 bridgehead atoms. The summed E-state index contributed by atoms with van der Waals surface area (Å²) in [4.78, 5) is 11.0. The quantitative estimate of drug-likeness (QED) is 0.867. The molecule has 1 amide bonds. The van der Waals surface area contributed by atoms with E-state index in [0.717, 1.165) is 5.56 Å². The van der Waals surface area contributed by atoms with Crippen LogP contribution in [0, 0.1) is 0 Å².